The van der Waals surface area contributed by atoms with Crippen LogP contribution in [0.1, 0.15) is 88.2 Å². The maximum absolute atomic E-state index is 14.4. The highest BCUT2D eigenvalue weighted by atomic mass is 32.2. The molecule has 0 aromatic heterocycles. The van der Waals surface area contributed by atoms with E-state index in [1.54, 1.807) is 17.0 Å². The number of carbonyl (C=O) groups is 5. The van der Waals surface area contributed by atoms with Crippen LogP contribution in [0.5, 0.6) is 0 Å². The third-order valence-electron chi connectivity index (χ3n) is 11.2. The van der Waals surface area contributed by atoms with Crippen LogP contribution in [-0.2, 0) is 42.2 Å². The van der Waals surface area contributed by atoms with Gasteiger partial charge in [0, 0.05) is 37.5 Å². The van der Waals surface area contributed by atoms with Crippen LogP contribution in [0.25, 0.3) is 0 Å². The normalized spacial score (nSPS) is 30.1. The molecule has 0 bridgehead atoms. The van der Waals surface area contributed by atoms with E-state index in [1.165, 1.54) is 15.9 Å². The standard InChI is InChI=1S/C36H47FN6O8S/c37-28-12-9-10-23-20-42(22-27(23)28)35(48)51-25-18-30-31(44)39-36(33(46)40-52(49,50)26-14-15-26)19-24(36)11-5-2-1-3-6-13-29(32(45)43(30)21-25)38-34(47)41-16-7-4-8-17-41/h5,9-12,24-26,29-30H,1-4,6-8,13-22H2,(H,38,47)(H,39,44)(H,40,46)/b11-5-/t24-,25-,29+,30+,36-/m1/s1. The monoisotopic (exact) mass is 742 g/mol. The number of ether oxygens (including phenoxy) is 1. The van der Waals surface area contributed by atoms with Crippen LogP contribution in [0, 0.1) is 11.7 Å². The first-order valence-corrected chi connectivity index (χ1v) is 20.1. The summed E-state index contributed by atoms with van der Waals surface area (Å²) in [7, 11) is -3.91. The molecule has 3 N–H and O–H groups in total. The van der Waals surface area contributed by atoms with Crippen molar-refractivity contribution in [1.29, 1.82) is 0 Å². The summed E-state index contributed by atoms with van der Waals surface area (Å²) in [6.07, 6.45) is 9.11. The van der Waals surface area contributed by atoms with Gasteiger partial charge in [-0.1, -0.05) is 37.1 Å². The average molecular weight is 743 g/mol. The minimum absolute atomic E-state index is 0.0149. The topological polar surface area (TPSA) is 175 Å². The zero-order valence-corrected chi connectivity index (χ0v) is 30.0. The number of nitrogens with one attached hydrogen (secondary N) is 3. The summed E-state index contributed by atoms with van der Waals surface area (Å²) in [6.45, 7) is 1.18. The van der Waals surface area contributed by atoms with Crippen LogP contribution in [-0.4, -0.2) is 102 Å². The number of rotatable bonds is 5. The van der Waals surface area contributed by atoms with E-state index in [4.69, 9.17) is 4.74 Å². The molecular weight excluding hydrogens is 695 g/mol. The Morgan fingerprint density at radius 1 is 0.962 bits per heavy atom. The van der Waals surface area contributed by atoms with Gasteiger partial charge in [-0.15, -0.1) is 0 Å². The number of benzene rings is 1. The van der Waals surface area contributed by atoms with E-state index in [9.17, 15) is 36.8 Å². The lowest BCUT2D eigenvalue weighted by Crippen LogP contribution is -2.59. The van der Waals surface area contributed by atoms with Crippen molar-refractivity contribution in [3.05, 3.63) is 47.3 Å². The molecule has 6 aliphatic rings. The number of nitrogens with zero attached hydrogens (tertiary/aromatic N) is 3. The van der Waals surface area contributed by atoms with Gasteiger partial charge in [-0.2, -0.15) is 0 Å². The lowest BCUT2D eigenvalue weighted by molar-refractivity contribution is -0.141. The molecule has 0 spiro atoms. The molecule has 6 amide bonds. The second-order valence-corrected chi connectivity index (χ2v) is 17.0. The Balaban J connectivity index is 1.13. The fourth-order valence-electron chi connectivity index (χ4n) is 7.91. The number of halogens is 1. The number of piperidine rings is 1. The third kappa shape index (κ3) is 7.62. The zero-order valence-electron chi connectivity index (χ0n) is 29.2. The number of urea groups is 1. The fraction of sp³-hybridized carbons (Fsp3) is 0.639. The number of carbonyl (C=O) groups excluding carboxylic acids is 5. The highest BCUT2D eigenvalue weighted by molar-refractivity contribution is 7.91. The van der Waals surface area contributed by atoms with Crippen LogP contribution in [0.2, 0.25) is 0 Å². The van der Waals surface area contributed by atoms with E-state index in [0.29, 0.717) is 56.3 Å². The van der Waals surface area contributed by atoms with E-state index in [2.05, 4.69) is 15.4 Å². The smallest absolute Gasteiger partial charge is 0.410 e. The number of likely N-dealkylation sites (tertiary alicyclic amines) is 1. The van der Waals surface area contributed by atoms with Crippen LogP contribution in [0.15, 0.2) is 30.4 Å². The maximum Gasteiger partial charge on any atom is 0.410 e. The fourth-order valence-corrected chi connectivity index (χ4v) is 9.28. The van der Waals surface area contributed by atoms with Crippen molar-refractivity contribution in [3.63, 3.8) is 0 Å². The number of allylic oxidation sites excluding steroid dienone is 1. The predicted octanol–water partition coefficient (Wildman–Crippen LogP) is 2.82. The molecular formula is C36H47FN6O8S. The average Bonchev–Trinajstić information content (AvgIpc) is 4.01. The van der Waals surface area contributed by atoms with Gasteiger partial charge in [0.15, 0.2) is 0 Å². The van der Waals surface area contributed by atoms with Gasteiger partial charge in [-0.3, -0.25) is 24.0 Å². The molecule has 1 aromatic carbocycles. The SMILES string of the molecule is O=C1N[C@]2(C(=O)NS(=O)(=O)C3CC3)C[C@H]2/C=C\CCCCC[C@H](NC(=O)N2CCCCC2)C(=O)N2C[C@H](OC(=O)N3Cc4cccc(F)c4C3)C[C@@H]12. The van der Waals surface area contributed by atoms with E-state index in [-0.39, 0.29) is 38.5 Å². The molecule has 7 rings (SSSR count). The van der Waals surface area contributed by atoms with Gasteiger partial charge >= 0.3 is 12.1 Å². The molecule has 0 unspecified atom stereocenters. The Kier molecular flexibility index (Phi) is 10.2. The van der Waals surface area contributed by atoms with Gasteiger partial charge in [0.05, 0.1) is 18.3 Å². The third-order valence-corrected chi connectivity index (χ3v) is 13.1. The van der Waals surface area contributed by atoms with E-state index in [0.717, 1.165) is 32.1 Å². The van der Waals surface area contributed by atoms with Gasteiger partial charge in [0.1, 0.15) is 29.5 Å². The first-order valence-electron chi connectivity index (χ1n) is 18.6. The number of hydrogen-bond acceptors (Lipinski definition) is 8. The molecule has 52 heavy (non-hydrogen) atoms. The van der Waals surface area contributed by atoms with Gasteiger partial charge in [0.2, 0.25) is 21.8 Å². The van der Waals surface area contributed by atoms with Gasteiger partial charge in [0.25, 0.3) is 5.91 Å². The summed E-state index contributed by atoms with van der Waals surface area (Å²) in [5.41, 5.74) is -0.467. The van der Waals surface area contributed by atoms with Crippen molar-refractivity contribution in [2.45, 2.75) is 119 Å². The molecule has 1 aromatic rings. The predicted molar refractivity (Wildman–Crippen MR) is 185 cm³/mol. The minimum atomic E-state index is -3.91. The molecule has 2 saturated carbocycles. The number of amides is 6. The first-order chi connectivity index (χ1) is 24.9. The van der Waals surface area contributed by atoms with E-state index in [1.807, 2.05) is 12.2 Å². The van der Waals surface area contributed by atoms with Crippen LogP contribution in [0.3, 0.4) is 0 Å². The second kappa shape index (κ2) is 14.7. The van der Waals surface area contributed by atoms with Crippen molar-refractivity contribution in [2.24, 2.45) is 5.92 Å². The molecule has 5 atom stereocenters. The van der Waals surface area contributed by atoms with Crippen molar-refractivity contribution in [1.82, 2.24) is 30.1 Å². The Bertz CT molecular complexity index is 1750. The largest absolute Gasteiger partial charge is 0.444 e. The highest BCUT2D eigenvalue weighted by Gasteiger charge is 2.62. The Morgan fingerprint density at radius 3 is 2.48 bits per heavy atom. The minimum Gasteiger partial charge on any atom is -0.444 e. The van der Waals surface area contributed by atoms with Crippen LogP contribution < -0.4 is 15.4 Å². The lowest BCUT2D eigenvalue weighted by atomic mass is 10.0. The quantitative estimate of drug-likeness (QED) is 0.387. The molecule has 0 radical (unpaired) electrons. The molecule has 2 aliphatic carbocycles. The maximum atomic E-state index is 14.4. The van der Waals surface area contributed by atoms with Gasteiger partial charge in [-0.05, 0) is 69.4 Å². The first kappa shape index (κ1) is 36.2. The Labute approximate surface area is 302 Å². The summed E-state index contributed by atoms with van der Waals surface area (Å²) in [6, 6.07) is 2.15. The Morgan fingerprint density at radius 2 is 1.73 bits per heavy atom. The summed E-state index contributed by atoms with van der Waals surface area (Å²) in [5, 5.41) is 5.10. The van der Waals surface area contributed by atoms with Crippen molar-refractivity contribution >= 4 is 39.9 Å². The molecule has 16 heteroatoms. The van der Waals surface area contributed by atoms with Crippen molar-refractivity contribution in [2.75, 3.05) is 19.6 Å². The number of hydrogen-bond donors (Lipinski definition) is 3. The summed E-state index contributed by atoms with van der Waals surface area (Å²) in [5.74, 6) is -2.89. The second-order valence-electron chi connectivity index (χ2n) is 15.0. The molecule has 14 nitrogen and oxygen atoms in total. The molecule has 4 fully saturated rings. The summed E-state index contributed by atoms with van der Waals surface area (Å²) >= 11 is 0. The Hall–Kier alpha value is -4.21. The lowest BCUT2D eigenvalue weighted by Gasteiger charge is -2.32. The molecule has 4 aliphatic heterocycles. The number of sulfonamides is 1. The van der Waals surface area contributed by atoms with Crippen molar-refractivity contribution < 1.29 is 41.5 Å². The van der Waals surface area contributed by atoms with Gasteiger partial charge < -0.3 is 25.2 Å². The highest BCUT2D eigenvalue weighted by Crippen LogP contribution is 2.46. The van der Waals surface area contributed by atoms with E-state index >= 15 is 0 Å². The summed E-state index contributed by atoms with van der Waals surface area (Å²) < 4.78 is 48.0. The van der Waals surface area contributed by atoms with Crippen molar-refractivity contribution in [3.8, 4) is 0 Å². The zero-order chi connectivity index (χ0) is 36.6. The summed E-state index contributed by atoms with van der Waals surface area (Å²) in [4.78, 5) is 73.4. The molecule has 282 valence electrons. The van der Waals surface area contributed by atoms with Gasteiger partial charge in [-0.25, -0.2) is 22.4 Å². The molecule has 2 saturated heterocycles. The number of fused-ring (bicyclic) bond motifs is 3. The van der Waals surface area contributed by atoms with E-state index < -0.39 is 74.5 Å². The van der Waals surface area contributed by atoms with Crippen LogP contribution >= 0.6 is 0 Å². The molecule has 4 heterocycles. The van der Waals surface area contributed by atoms with Crippen LogP contribution in [0.4, 0.5) is 14.0 Å².